The van der Waals surface area contributed by atoms with Crippen molar-refractivity contribution in [3.8, 4) is 0 Å². The van der Waals surface area contributed by atoms with Gasteiger partial charge in [-0.25, -0.2) is 0 Å². The molecule has 100 valence electrons. The lowest BCUT2D eigenvalue weighted by Crippen LogP contribution is -2.42. The highest BCUT2D eigenvalue weighted by atomic mass is 16.4. The van der Waals surface area contributed by atoms with Crippen molar-refractivity contribution in [3.63, 3.8) is 0 Å². The maximum absolute atomic E-state index is 8.72. The van der Waals surface area contributed by atoms with Crippen molar-refractivity contribution in [1.29, 1.82) is 0 Å². The standard InChI is InChI=1S/C12H21N5O/c1-16-11(4-6-14-16)5-8-17-7-2-3-10(9-17)12(13)15-18/h4,6,10,18H,2-3,5,7-9H2,1H3,(H2,13,15). The van der Waals surface area contributed by atoms with Gasteiger partial charge in [0.1, 0.15) is 5.84 Å². The first kappa shape index (κ1) is 12.9. The molecule has 1 aromatic heterocycles. The maximum atomic E-state index is 8.72. The van der Waals surface area contributed by atoms with Crippen LogP contribution in [0.5, 0.6) is 0 Å². The van der Waals surface area contributed by atoms with Crippen LogP contribution in [0, 0.1) is 5.92 Å². The number of hydrogen-bond acceptors (Lipinski definition) is 4. The van der Waals surface area contributed by atoms with Crippen molar-refractivity contribution in [3.05, 3.63) is 18.0 Å². The molecule has 0 spiro atoms. The van der Waals surface area contributed by atoms with Crippen molar-refractivity contribution in [1.82, 2.24) is 14.7 Å². The van der Waals surface area contributed by atoms with Crippen LogP contribution in [0.15, 0.2) is 17.4 Å². The molecule has 18 heavy (non-hydrogen) atoms. The van der Waals surface area contributed by atoms with E-state index in [0.717, 1.165) is 38.9 Å². The number of nitrogens with zero attached hydrogens (tertiary/aromatic N) is 4. The second-order valence-corrected chi connectivity index (χ2v) is 4.86. The van der Waals surface area contributed by atoms with E-state index in [2.05, 4.69) is 15.2 Å². The summed E-state index contributed by atoms with van der Waals surface area (Å²) in [6.45, 7) is 2.97. The summed E-state index contributed by atoms with van der Waals surface area (Å²) in [5.41, 5.74) is 6.92. The average molecular weight is 251 g/mol. The summed E-state index contributed by atoms with van der Waals surface area (Å²) in [7, 11) is 1.96. The maximum Gasteiger partial charge on any atom is 0.143 e. The van der Waals surface area contributed by atoms with E-state index < -0.39 is 0 Å². The number of hydrogen-bond donors (Lipinski definition) is 2. The number of nitrogens with two attached hydrogens (primary N) is 1. The molecule has 1 unspecified atom stereocenters. The Morgan fingerprint density at radius 2 is 2.50 bits per heavy atom. The fourth-order valence-corrected chi connectivity index (χ4v) is 2.50. The average Bonchev–Trinajstić information content (AvgIpc) is 2.81. The van der Waals surface area contributed by atoms with Gasteiger partial charge >= 0.3 is 0 Å². The first-order chi connectivity index (χ1) is 8.70. The molecular formula is C12H21N5O. The smallest absolute Gasteiger partial charge is 0.143 e. The van der Waals surface area contributed by atoms with E-state index in [9.17, 15) is 0 Å². The monoisotopic (exact) mass is 251 g/mol. The van der Waals surface area contributed by atoms with Crippen LogP contribution < -0.4 is 5.73 Å². The van der Waals surface area contributed by atoms with Crippen LogP contribution in [0.1, 0.15) is 18.5 Å². The zero-order valence-corrected chi connectivity index (χ0v) is 10.8. The zero-order chi connectivity index (χ0) is 13.0. The van der Waals surface area contributed by atoms with Gasteiger partial charge in [-0.3, -0.25) is 4.68 Å². The Bertz CT molecular complexity index is 414. The molecule has 0 aliphatic carbocycles. The summed E-state index contributed by atoms with van der Waals surface area (Å²) in [6.07, 6.45) is 4.93. The molecule has 0 bridgehead atoms. The van der Waals surface area contributed by atoms with Crippen molar-refractivity contribution in [2.75, 3.05) is 19.6 Å². The number of aromatic nitrogens is 2. The van der Waals surface area contributed by atoms with E-state index in [1.165, 1.54) is 5.69 Å². The van der Waals surface area contributed by atoms with Gasteiger partial charge in [-0.2, -0.15) is 5.10 Å². The third kappa shape index (κ3) is 3.01. The quantitative estimate of drug-likeness (QED) is 0.352. The van der Waals surface area contributed by atoms with Gasteiger partial charge in [0, 0.05) is 44.4 Å². The summed E-state index contributed by atoms with van der Waals surface area (Å²) in [5.74, 6) is 0.551. The van der Waals surface area contributed by atoms with Crippen molar-refractivity contribution < 1.29 is 5.21 Å². The van der Waals surface area contributed by atoms with E-state index in [-0.39, 0.29) is 5.92 Å². The third-order valence-corrected chi connectivity index (χ3v) is 3.65. The predicted molar refractivity (Wildman–Crippen MR) is 69.5 cm³/mol. The highest BCUT2D eigenvalue weighted by molar-refractivity contribution is 5.82. The summed E-state index contributed by atoms with van der Waals surface area (Å²) < 4.78 is 1.91. The number of amidine groups is 1. The van der Waals surface area contributed by atoms with Crippen molar-refractivity contribution in [2.24, 2.45) is 23.9 Å². The number of aryl methyl sites for hydroxylation is 1. The highest BCUT2D eigenvalue weighted by Gasteiger charge is 2.22. The minimum atomic E-state index is 0.190. The summed E-state index contributed by atoms with van der Waals surface area (Å²) in [4.78, 5) is 2.37. The molecule has 2 heterocycles. The van der Waals surface area contributed by atoms with Gasteiger partial charge in [-0.15, -0.1) is 0 Å². The third-order valence-electron chi connectivity index (χ3n) is 3.65. The van der Waals surface area contributed by atoms with Crippen LogP contribution >= 0.6 is 0 Å². The lowest BCUT2D eigenvalue weighted by atomic mass is 9.97. The summed E-state index contributed by atoms with van der Waals surface area (Å²) in [5, 5.41) is 16.0. The van der Waals surface area contributed by atoms with Crippen LogP contribution in [0.2, 0.25) is 0 Å². The van der Waals surface area contributed by atoms with Gasteiger partial charge in [0.05, 0.1) is 0 Å². The van der Waals surface area contributed by atoms with Crippen LogP contribution in [-0.2, 0) is 13.5 Å². The van der Waals surface area contributed by atoms with E-state index in [4.69, 9.17) is 10.9 Å². The second kappa shape index (κ2) is 5.86. The van der Waals surface area contributed by atoms with E-state index in [1.807, 2.05) is 24.0 Å². The molecule has 3 N–H and O–H groups in total. The second-order valence-electron chi connectivity index (χ2n) is 4.86. The number of piperidine rings is 1. The molecule has 0 aromatic carbocycles. The molecular weight excluding hydrogens is 230 g/mol. The molecule has 1 saturated heterocycles. The Labute approximate surface area is 107 Å². The Balaban J connectivity index is 1.85. The molecule has 6 heteroatoms. The molecule has 0 radical (unpaired) electrons. The molecule has 1 fully saturated rings. The fraction of sp³-hybridized carbons (Fsp3) is 0.667. The van der Waals surface area contributed by atoms with Crippen LogP contribution in [0.25, 0.3) is 0 Å². The Morgan fingerprint density at radius 3 is 3.17 bits per heavy atom. The number of rotatable bonds is 4. The fourth-order valence-electron chi connectivity index (χ4n) is 2.50. The predicted octanol–water partition coefficient (Wildman–Crippen LogP) is 0.421. The molecule has 6 nitrogen and oxygen atoms in total. The van der Waals surface area contributed by atoms with Gasteiger partial charge in [-0.05, 0) is 25.5 Å². The van der Waals surface area contributed by atoms with E-state index in [0.29, 0.717) is 5.84 Å². The Morgan fingerprint density at radius 1 is 1.67 bits per heavy atom. The molecule has 1 atom stereocenters. The molecule has 0 amide bonds. The lowest BCUT2D eigenvalue weighted by Gasteiger charge is -2.31. The van der Waals surface area contributed by atoms with Gasteiger partial charge in [0.25, 0.3) is 0 Å². The molecule has 2 rings (SSSR count). The first-order valence-corrected chi connectivity index (χ1v) is 6.37. The summed E-state index contributed by atoms with van der Waals surface area (Å²) in [6, 6.07) is 2.05. The highest BCUT2D eigenvalue weighted by Crippen LogP contribution is 2.16. The normalized spacial score (nSPS) is 22.3. The van der Waals surface area contributed by atoms with Gasteiger partial charge in [0.2, 0.25) is 0 Å². The van der Waals surface area contributed by atoms with Crippen LogP contribution in [0.4, 0.5) is 0 Å². The largest absolute Gasteiger partial charge is 0.409 e. The lowest BCUT2D eigenvalue weighted by molar-refractivity contribution is 0.201. The Kier molecular flexibility index (Phi) is 4.19. The Hall–Kier alpha value is -1.56. The number of likely N-dealkylation sites (tertiary alicyclic amines) is 1. The molecule has 0 saturated carbocycles. The van der Waals surface area contributed by atoms with Crippen molar-refractivity contribution >= 4 is 5.84 Å². The molecule has 1 aliphatic heterocycles. The van der Waals surface area contributed by atoms with Gasteiger partial charge < -0.3 is 15.8 Å². The first-order valence-electron chi connectivity index (χ1n) is 6.37. The van der Waals surface area contributed by atoms with Crippen molar-refractivity contribution in [2.45, 2.75) is 19.3 Å². The number of oxime groups is 1. The van der Waals surface area contributed by atoms with E-state index in [1.54, 1.807) is 0 Å². The van der Waals surface area contributed by atoms with Crippen LogP contribution in [-0.4, -0.2) is 45.4 Å². The van der Waals surface area contributed by atoms with Gasteiger partial charge in [-0.1, -0.05) is 5.16 Å². The van der Waals surface area contributed by atoms with Crippen LogP contribution in [0.3, 0.4) is 0 Å². The van der Waals surface area contributed by atoms with Gasteiger partial charge in [0.15, 0.2) is 0 Å². The molecule has 1 aromatic rings. The minimum absolute atomic E-state index is 0.190. The molecule has 1 aliphatic rings. The minimum Gasteiger partial charge on any atom is -0.409 e. The topological polar surface area (TPSA) is 79.7 Å². The van der Waals surface area contributed by atoms with E-state index >= 15 is 0 Å². The summed E-state index contributed by atoms with van der Waals surface area (Å²) >= 11 is 0. The SMILES string of the molecule is Cn1nccc1CCN1CCCC(/C(N)=N/O)C1. The zero-order valence-electron chi connectivity index (χ0n) is 10.8.